The number of hydrogen-bond acceptors (Lipinski definition) is 3. The summed E-state index contributed by atoms with van der Waals surface area (Å²) in [6.07, 6.45) is 3.43. The second kappa shape index (κ2) is 3.26. The zero-order chi connectivity index (χ0) is 10.3. The molecule has 0 N–H and O–H groups in total. The fourth-order valence-electron chi connectivity index (χ4n) is 2.16. The van der Waals surface area contributed by atoms with Gasteiger partial charge in [-0.1, -0.05) is 0 Å². The Morgan fingerprint density at radius 1 is 0.933 bits per heavy atom. The lowest BCUT2D eigenvalue weighted by atomic mass is 10.1. The van der Waals surface area contributed by atoms with Crippen LogP contribution in [0.5, 0.6) is 11.5 Å². The third-order valence-corrected chi connectivity index (χ3v) is 2.94. The van der Waals surface area contributed by atoms with Crippen LogP contribution in [0, 0.1) is 0 Å². The Morgan fingerprint density at radius 2 is 1.47 bits per heavy atom. The third-order valence-electron chi connectivity index (χ3n) is 2.94. The lowest BCUT2D eigenvalue weighted by Gasteiger charge is -2.08. The van der Waals surface area contributed by atoms with Crippen LogP contribution in [-0.4, -0.2) is 19.0 Å². The number of fused-ring (bicyclic) bond motifs is 2. The van der Waals surface area contributed by atoms with Crippen LogP contribution < -0.4 is 9.47 Å². The Morgan fingerprint density at radius 3 is 2.00 bits per heavy atom. The molecule has 1 aromatic rings. The molecule has 1 aromatic carbocycles. The molecular weight excluding hydrogens is 192 g/mol. The minimum atomic E-state index is -0.00800. The van der Waals surface area contributed by atoms with Crippen LogP contribution in [0.4, 0.5) is 0 Å². The quantitative estimate of drug-likeness (QED) is 0.642. The predicted octanol–water partition coefficient (Wildman–Crippen LogP) is 1.52. The van der Waals surface area contributed by atoms with Crippen LogP contribution in [0.1, 0.15) is 17.5 Å². The van der Waals surface area contributed by atoms with Crippen LogP contribution in [0.2, 0.25) is 0 Å². The average Bonchev–Trinajstić information content (AvgIpc) is 2.61. The lowest BCUT2D eigenvalue weighted by Crippen LogP contribution is -2.15. The molecule has 1 aliphatic heterocycles. The van der Waals surface area contributed by atoms with Gasteiger partial charge in [0, 0.05) is 0 Å². The van der Waals surface area contributed by atoms with E-state index in [4.69, 9.17) is 9.47 Å². The van der Waals surface area contributed by atoms with Gasteiger partial charge in [-0.3, -0.25) is 4.79 Å². The van der Waals surface area contributed by atoms with Gasteiger partial charge in [-0.2, -0.15) is 0 Å². The van der Waals surface area contributed by atoms with Crippen LogP contribution in [-0.2, 0) is 17.6 Å². The molecule has 0 spiro atoms. The standard InChI is InChI=1S/C12H12O3/c13-10-6-14-11-4-8-2-1-3-9(8)5-12(11)15-7-10/h4-5H,1-3,6-7H2. The van der Waals surface area contributed by atoms with Crippen molar-refractivity contribution in [2.24, 2.45) is 0 Å². The van der Waals surface area contributed by atoms with E-state index in [1.54, 1.807) is 0 Å². The van der Waals surface area contributed by atoms with Crippen LogP contribution in [0.15, 0.2) is 12.1 Å². The maximum absolute atomic E-state index is 11.2. The summed E-state index contributed by atoms with van der Waals surface area (Å²) < 4.78 is 10.8. The molecule has 0 unspecified atom stereocenters. The summed E-state index contributed by atoms with van der Waals surface area (Å²) in [5, 5.41) is 0. The number of aryl methyl sites for hydroxylation is 2. The number of benzene rings is 1. The van der Waals surface area contributed by atoms with Crippen molar-refractivity contribution in [2.45, 2.75) is 19.3 Å². The Bertz CT molecular complexity index is 386. The number of ether oxygens (including phenoxy) is 2. The Hall–Kier alpha value is -1.51. The third kappa shape index (κ3) is 1.48. The smallest absolute Gasteiger partial charge is 0.207 e. The molecular formula is C12H12O3. The predicted molar refractivity (Wildman–Crippen MR) is 54.5 cm³/mol. The number of rotatable bonds is 0. The normalized spacial score (nSPS) is 18.5. The van der Waals surface area contributed by atoms with Crippen molar-refractivity contribution in [1.29, 1.82) is 0 Å². The van der Waals surface area contributed by atoms with Crippen molar-refractivity contribution in [3.63, 3.8) is 0 Å². The second-order valence-corrected chi connectivity index (χ2v) is 4.04. The molecule has 3 nitrogen and oxygen atoms in total. The van der Waals surface area contributed by atoms with Crippen molar-refractivity contribution in [2.75, 3.05) is 13.2 Å². The van der Waals surface area contributed by atoms with E-state index in [-0.39, 0.29) is 19.0 Å². The number of carbonyl (C=O) groups is 1. The average molecular weight is 204 g/mol. The molecule has 0 radical (unpaired) electrons. The highest BCUT2D eigenvalue weighted by molar-refractivity contribution is 5.82. The summed E-state index contributed by atoms with van der Waals surface area (Å²) in [6.45, 7) is 0.261. The summed E-state index contributed by atoms with van der Waals surface area (Å²) in [6, 6.07) is 4.05. The highest BCUT2D eigenvalue weighted by Gasteiger charge is 2.20. The maximum atomic E-state index is 11.2. The molecule has 0 fully saturated rings. The first-order valence-corrected chi connectivity index (χ1v) is 5.26. The first-order valence-electron chi connectivity index (χ1n) is 5.26. The number of Topliss-reactive ketones (excluding diaryl/α,β-unsaturated/α-hetero) is 1. The fourth-order valence-corrected chi connectivity index (χ4v) is 2.16. The molecule has 0 saturated carbocycles. The molecule has 0 atom stereocenters. The van der Waals surface area contributed by atoms with Gasteiger partial charge in [0.05, 0.1) is 0 Å². The summed E-state index contributed by atoms with van der Waals surface area (Å²) in [5.41, 5.74) is 2.68. The molecule has 1 aliphatic carbocycles. The van der Waals surface area contributed by atoms with E-state index in [2.05, 4.69) is 0 Å². The molecule has 1 heterocycles. The number of hydrogen-bond donors (Lipinski definition) is 0. The summed E-state index contributed by atoms with van der Waals surface area (Å²) in [7, 11) is 0. The molecule has 15 heavy (non-hydrogen) atoms. The summed E-state index contributed by atoms with van der Waals surface area (Å²) >= 11 is 0. The van der Waals surface area contributed by atoms with Crippen LogP contribution >= 0.6 is 0 Å². The molecule has 2 aliphatic rings. The van der Waals surface area contributed by atoms with Crippen molar-refractivity contribution in [1.82, 2.24) is 0 Å². The molecule has 0 amide bonds. The largest absolute Gasteiger partial charge is 0.482 e. The summed E-state index contributed by atoms with van der Waals surface area (Å²) in [5.74, 6) is 1.44. The Kier molecular flexibility index (Phi) is 1.91. The molecule has 0 aromatic heterocycles. The minimum absolute atomic E-state index is 0.00800. The first-order chi connectivity index (χ1) is 7.33. The van der Waals surface area contributed by atoms with E-state index < -0.39 is 0 Å². The maximum Gasteiger partial charge on any atom is 0.207 e. The molecule has 0 bridgehead atoms. The van der Waals surface area contributed by atoms with Gasteiger partial charge < -0.3 is 9.47 Å². The number of ketones is 1. The van der Waals surface area contributed by atoms with Gasteiger partial charge in [-0.15, -0.1) is 0 Å². The molecule has 78 valence electrons. The van der Waals surface area contributed by atoms with E-state index in [0.29, 0.717) is 0 Å². The van der Waals surface area contributed by atoms with E-state index in [1.165, 1.54) is 17.5 Å². The topological polar surface area (TPSA) is 35.5 Å². The van der Waals surface area contributed by atoms with E-state index in [9.17, 15) is 4.79 Å². The fraction of sp³-hybridized carbons (Fsp3) is 0.417. The molecule has 0 saturated heterocycles. The van der Waals surface area contributed by atoms with Crippen molar-refractivity contribution < 1.29 is 14.3 Å². The van der Waals surface area contributed by atoms with Crippen molar-refractivity contribution >= 4 is 5.78 Å². The van der Waals surface area contributed by atoms with E-state index in [0.717, 1.165) is 24.3 Å². The highest BCUT2D eigenvalue weighted by Crippen LogP contribution is 2.35. The second-order valence-electron chi connectivity index (χ2n) is 4.04. The van der Waals surface area contributed by atoms with Gasteiger partial charge >= 0.3 is 0 Å². The van der Waals surface area contributed by atoms with Crippen LogP contribution in [0.25, 0.3) is 0 Å². The lowest BCUT2D eigenvalue weighted by molar-refractivity contribution is -0.122. The SMILES string of the molecule is O=C1COc2cc3c(cc2OC1)CCC3. The highest BCUT2D eigenvalue weighted by atomic mass is 16.5. The molecule has 3 rings (SSSR count). The van der Waals surface area contributed by atoms with Gasteiger partial charge in [0.2, 0.25) is 5.78 Å². The van der Waals surface area contributed by atoms with Crippen molar-refractivity contribution in [3.8, 4) is 11.5 Å². The minimum Gasteiger partial charge on any atom is -0.482 e. The van der Waals surface area contributed by atoms with Gasteiger partial charge in [0.1, 0.15) is 0 Å². The Labute approximate surface area is 88.0 Å². The van der Waals surface area contributed by atoms with Gasteiger partial charge in [0.15, 0.2) is 24.7 Å². The van der Waals surface area contributed by atoms with E-state index >= 15 is 0 Å². The van der Waals surface area contributed by atoms with Gasteiger partial charge in [0.25, 0.3) is 0 Å². The van der Waals surface area contributed by atoms with Crippen LogP contribution in [0.3, 0.4) is 0 Å². The monoisotopic (exact) mass is 204 g/mol. The van der Waals surface area contributed by atoms with Gasteiger partial charge in [-0.25, -0.2) is 0 Å². The van der Waals surface area contributed by atoms with Crippen molar-refractivity contribution in [3.05, 3.63) is 23.3 Å². The number of carbonyl (C=O) groups excluding carboxylic acids is 1. The first kappa shape index (κ1) is 8.77. The molecule has 3 heteroatoms. The van der Waals surface area contributed by atoms with Gasteiger partial charge in [-0.05, 0) is 42.5 Å². The van der Waals surface area contributed by atoms with E-state index in [1.807, 2.05) is 12.1 Å². The summed E-state index contributed by atoms with van der Waals surface area (Å²) in [4.78, 5) is 11.2. The zero-order valence-electron chi connectivity index (χ0n) is 8.41. The zero-order valence-corrected chi connectivity index (χ0v) is 8.41. The Balaban J connectivity index is 2.03.